The molecule has 0 radical (unpaired) electrons. The predicted octanol–water partition coefficient (Wildman–Crippen LogP) is 4.19. The van der Waals surface area contributed by atoms with E-state index in [9.17, 15) is 0 Å². The van der Waals surface area contributed by atoms with Gasteiger partial charge in [0.05, 0.1) is 17.1 Å². The Morgan fingerprint density at radius 1 is 1.47 bits per heavy atom. The summed E-state index contributed by atoms with van der Waals surface area (Å²) in [5, 5.41) is 8.52. The third kappa shape index (κ3) is 3.14. The van der Waals surface area contributed by atoms with Crippen molar-refractivity contribution in [3.8, 4) is 0 Å². The first-order valence-electron chi connectivity index (χ1n) is 6.08. The van der Waals surface area contributed by atoms with Gasteiger partial charge in [0.15, 0.2) is 5.82 Å². The molecule has 0 unspecified atom stereocenters. The van der Waals surface area contributed by atoms with Crippen LogP contribution in [0.3, 0.4) is 0 Å². The highest BCUT2D eigenvalue weighted by atomic mass is 127. The van der Waals surface area contributed by atoms with Crippen LogP contribution in [0.5, 0.6) is 0 Å². The monoisotopic (exact) mass is 390 g/mol. The van der Waals surface area contributed by atoms with Crippen molar-refractivity contribution < 1.29 is 0 Å². The number of nitrogens with one attached hydrogen (secondary N) is 1. The van der Waals surface area contributed by atoms with Gasteiger partial charge in [-0.2, -0.15) is 5.10 Å². The number of anilines is 3. The van der Waals surface area contributed by atoms with Crippen LogP contribution in [0.1, 0.15) is 19.0 Å². The Morgan fingerprint density at radius 2 is 2.21 bits per heavy atom. The minimum Gasteiger partial charge on any atom is -0.394 e. The van der Waals surface area contributed by atoms with Crippen molar-refractivity contribution in [2.24, 2.45) is 0 Å². The molecular weight excluding hydrogens is 375 g/mol. The number of rotatable bonds is 4. The molecule has 19 heavy (non-hydrogen) atoms. The quantitative estimate of drug-likeness (QED) is 0.770. The lowest BCUT2D eigenvalue weighted by atomic mass is 10.3. The SMILES string of the molecule is CCCn1nc(C)c(N)c1Nc1ccc(Cl)cc1I. The molecule has 0 fully saturated rings. The number of benzene rings is 1. The summed E-state index contributed by atoms with van der Waals surface area (Å²) in [6.45, 7) is 4.87. The number of nitrogens with two attached hydrogens (primary N) is 1. The fourth-order valence-electron chi connectivity index (χ4n) is 1.82. The lowest BCUT2D eigenvalue weighted by Crippen LogP contribution is -2.06. The van der Waals surface area contributed by atoms with E-state index in [4.69, 9.17) is 17.3 Å². The lowest BCUT2D eigenvalue weighted by molar-refractivity contribution is 0.605. The fourth-order valence-corrected chi connectivity index (χ4v) is 2.83. The molecule has 0 aliphatic rings. The minimum absolute atomic E-state index is 0.694. The van der Waals surface area contributed by atoms with Gasteiger partial charge in [-0.25, -0.2) is 4.68 Å². The van der Waals surface area contributed by atoms with Crippen LogP contribution in [0.15, 0.2) is 18.2 Å². The first-order chi connectivity index (χ1) is 9.02. The maximum absolute atomic E-state index is 6.09. The van der Waals surface area contributed by atoms with Gasteiger partial charge in [0.2, 0.25) is 0 Å². The van der Waals surface area contributed by atoms with E-state index in [1.54, 1.807) is 0 Å². The second kappa shape index (κ2) is 6.00. The first-order valence-corrected chi connectivity index (χ1v) is 7.53. The average Bonchev–Trinajstić information content (AvgIpc) is 2.61. The molecule has 3 N–H and O–H groups in total. The number of halogens is 2. The Balaban J connectivity index is 2.37. The smallest absolute Gasteiger partial charge is 0.152 e. The van der Waals surface area contributed by atoms with Crippen LogP contribution in [0.2, 0.25) is 5.02 Å². The van der Waals surface area contributed by atoms with E-state index in [-0.39, 0.29) is 0 Å². The summed E-state index contributed by atoms with van der Waals surface area (Å²) in [4.78, 5) is 0. The molecule has 1 heterocycles. The summed E-state index contributed by atoms with van der Waals surface area (Å²) in [5.74, 6) is 0.847. The first kappa shape index (κ1) is 14.5. The number of nitrogen functional groups attached to an aromatic ring is 1. The molecule has 1 aromatic carbocycles. The van der Waals surface area contributed by atoms with Crippen molar-refractivity contribution in [3.05, 3.63) is 32.5 Å². The molecule has 4 nitrogen and oxygen atoms in total. The topological polar surface area (TPSA) is 55.9 Å². The number of hydrogen-bond acceptors (Lipinski definition) is 3. The number of hydrogen-bond donors (Lipinski definition) is 2. The van der Waals surface area contributed by atoms with Crippen LogP contribution in [0.4, 0.5) is 17.2 Å². The van der Waals surface area contributed by atoms with Crippen molar-refractivity contribution in [2.45, 2.75) is 26.8 Å². The molecule has 0 aliphatic heterocycles. The van der Waals surface area contributed by atoms with Gasteiger partial charge >= 0.3 is 0 Å². The van der Waals surface area contributed by atoms with Crippen LogP contribution in [0.25, 0.3) is 0 Å². The molecule has 2 aromatic rings. The normalized spacial score (nSPS) is 10.7. The molecule has 6 heteroatoms. The highest BCUT2D eigenvalue weighted by Gasteiger charge is 2.13. The van der Waals surface area contributed by atoms with E-state index in [0.717, 1.165) is 38.8 Å². The van der Waals surface area contributed by atoms with Crippen LogP contribution < -0.4 is 11.1 Å². The molecule has 2 rings (SSSR count). The highest BCUT2D eigenvalue weighted by Crippen LogP contribution is 2.30. The number of aryl methyl sites for hydroxylation is 2. The maximum atomic E-state index is 6.09. The second-order valence-electron chi connectivity index (χ2n) is 4.32. The van der Waals surface area contributed by atoms with Gasteiger partial charge in [-0.1, -0.05) is 18.5 Å². The summed E-state index contributed by atoms with van der Waals surface area (Å²) in [5.41, 5.74) is 8.61. The molecule has 0 amide bonds. The third-order valence-electron chi connectivity index (χ3n) is 2.79. The van der Waals surface area contributed by atoms with Crippen molar-refractivity contribution in [3.63, 3.8) is 0 Å². The maximum Gasteiger partial charge on any atom is 0.152 e. The van der Waals surface area contributed by atoms with E-state index in [2.05, 4.69) is 39.9 Å². The summed E-state index contributed by atoms with van der Waals surface area (Å²) in [6, 6.07) is 5.71. The van der Waals surface area contributed by atoms with Crippen LogP contribution in [-0.2, 0) is 6.54 Å². The van der Waals surface area contributed by atoms with Gasteiger partial charge in [-0.15, -0.1) is 0 Å². The Kier molecular flexibility index (Phi) is 4.57. The lowest BCUT2D eigenvalue weighted by Gasteiger charge is -2.11. The molecular formula is C13H16ClIN4. The Labute approximate surface area is 131 Å². The number of nitrogens with zero attached hydrogens (tertiary/aromatic N) is 2. The second-order valence-corrected chi connectivity index (χ2v) is 5.92. The molecule has 0 spiro atoms. The van der Waals surface area contributed by atoms with E-state index >= 15 is 0 Å². The van der Waals surface area contributed by atoms with Gasteiger partial charge in [0, 0.05) is 15.1 Å². The van der Waals surface area contributed by atoms with Gasteiger partial charge in [0.25, 0.3) is 0 Å². The Hall–Kier alpha value is -0.950. The van der Waals surface area contributed by atoms with E-state index in [1.165, 1.54) is 0 Å². The zero-order valence-corrected chi connectivity index (χ0v) is 13.8. The van der Waals surface area contributed by atoms with Crippen molar-refractivity contribution in [1.29, 1.82) is 0 Å². The Bertz CT molecular complexity index is 595. The van der Waals surface area contributed by atoms with Crippen LogP contribution in [0, 0.1) is 10.5 Å². The molecule has 0 bridgehead atoms. The minimum atomic E-state index is 0.694. The summed E-state index contributed by atoms with van der Waals surface area (Å²) < 4.78 is 2.96. The predicted molar refractivity (Wildman–Crippen MR) is 89.1 cm³/mol. The van der Waals surface area contributed by atoms with E-state index < -0.39 is 0 Å². The number of aromatic nitrogens is 2. The van der Waals surface area contributed by atoms with Crippen LogP contribution >= 0.6 is 34.2 Å². The van der Waals surface area contributed by atoms with Crippen molar-refractivity contribution >= 4 is 51.4 Å². The molecule has 0 saturated carbocycles. The average molecular weight is 391 g/mol. The van der Waals surface area contributed by atoms with Crippen molar-refractivity contribution in [2.75, 3.05) is 11.1 Å². The molecule has 0 saturated heterocycles. The summed E-state index contributed by atoms with van der Waals surface area (Å²) in [7, 11) is 0. The van der Waals surface area contributed by atoms with Gasteiger partial charge in [-0.05, 0) is 54.1 Å². The van der Waals surface area contributed by atoms with Gasteiger partial charge in [-0.3, -0.25) is 0 Å². The standard InChI is InChI=1S/C13H16ClIN4/c1-3-6-19-13(12(16)8(2)18-19)17-11-5-4-9(14)7-10(11)15/h4-5,7,17H,3,6,16H2,1-2H3. The summed E-state index contributed by atoms with van der Waals surface area (Å²) in [6.07, 6.45) is 1.01. The Morgan fingerprint density at radius 3 is 2.84 bits per heavy atom. The zero-order valence-electron chi connectivity index (χ0n) is 10.9. The van der Waals surface area contributed by atoms with Crippen molar-refractivity contribution in [1.82, 2.24) is 9.78 Å². The molecule has 102 valence electrons. The fraction of sp³-hybridized carbons (Fsp3) is 0.308. The molecule has 0 aliphatic carbocycles. The summed E-state index contributed by atoms with van der Waals surface area (Å²) >= 11 is 8.21. The molecule has 1 aromatic heterocycles. The largest absolute Gasteiger partial charge is 0.394 e. The highest BCUT2D eigenvalue weighted by molar-refractivity contribution is 14.1. The zero-order chi connectivity index (χ0) is 14.0. The van der Waals surface area contributed by atoms with Crippen LogP contribution in [-0.4, -0.2) is 9.78 Å². The molecule has 0 atom stereocenters. The van der Waals surface area contributed by atoms with E-state index in [0.29, 0.717) is 5.69 Å². The van der Waals surface area contributed by atoms with E-state index in [1.807, 2.05) is 29.8 Å². The van der Waals surface area contributed by atoms with Gasteiger partial charge < -0.3 is 11.1 Å². The van der Waals surface area contributed by atoms with Gasteiger partial charge in [0.1, 0.15) is 0 Å². The third-order valence-corrected chi connectivity index (χ3v) is 3.92.